The maximum atomic E-state index is 13.3. The van der Waals surface area contributed by atoms with Gasteiger partial charge in [0.1, 0.15) is 0 Å². The molecule has 0 bridgehead atoms. The Morgan fingerprint density at radius 3 is 2.41 bits per heavy atom. The zero-order valence-electron chi connectivity index (χ0n) is 18.0. The van der Waals surface area contributed by atoms with Crippen LogP contribution in [0.3, 0.4) is 0 Å². The molecule has 5 nitrogen and oxygen atoms in total. The van der Waals surface area contributed by atoms with Gasteiger partial charge < -0.3 is 5.32 Å². The Labute approximate surface area is 195 Å². The van der Waals surface area contributed by atoms with Gasteiger partial charge in [0.05, 0.1) is 27.4 Å². The number of fused-ring (bicyclic) bond motifs is 1. The van der Waals surface area contributed by atoms with Gasteiger partial charge in [0, 0.05) is 5.69 Å². The Bertz CT molecular complexity index is 1370. The summed E-state index contributed by atoms with van der Waals surface area (Å²) in [5.41, 5.74) is 4.87. The van der Waals surface area contributed by atoms with Crippen LogP contribution in [0.5, 0.6) is 0 Å². The lowest BCUT2D eigenvalue weighted by Crippen LogP contribution is -2.23. The van der Waals surface area contributed by atoms with Gasteiger partial charge in [-0.2, -0.15) is 0 Å². The standard InChI is InChI=1S/C25H22ClN3O2S/c1-15-12-16(2)23(17(3)13-15)28-22(30)14-32-25-27-20-10-6-4-8-18(20)24(31)29(25)21-11-7-5-9-19(21)26/h4-13H,14H2,1-3H3,(H,28,30). The van der Waals surface area contributed by atoms with E-state index in [1.807, 2.05) is 45.0 Å². The summed E-state index contributed by atoms with van der Waals surface area (Å²) in [6, 6.07) is 18.3. The average Bonchev–Trinajstić information content (AvgIpc) is 2.76. The number of hydrogen-bond acceptors (Lipinski definition) is 4. The number of nitrogens with zero attached hydrogens (tertiary/aromatic N) is 2. The minimum absolute atomic E-state index is 0.0992. The SMILES string of the molecule is Cc1cc(C)c(NC(=O)CSc2nc3ccccc3c(=O)n2-c2ccccc2Cl)c(C)c1. The molecule has 1 heterocycles. The Morgan fingerprint density at radius 2 is 1.69 bits per heavy atom. The minimum atomic E-state index is -0.225. The fourth-order valence-electron chi connectivity index (χ4n) is 3.74. The van der Waals surface area contributed by atoms with Gasteiger partial charge in [0.2, 0.25) is 5.91 Å². The zero-order valence-corrected chi connectivity index (χ0v) is 19.6. The topological polar surface area (TPSA) is 64.0 Å². The second-order valence-corrected chi connectivity index (χ2v) is 8.96. The van der Waals surface area contributed by atoms with Crippen LogP contribution < -0.4 is 10.9 Å². The highest BCUT2D eigenvalue weighted by molar-refractivity contribution is 7.99. The number of hydrogen-bond donors (Lipinski definition) is 1. The summed E-state index contributed by atoms with van der Waals surface area (Å²) < 4.78 is 1.48. The molecular weight excluding hydrogens is 442 g/mol. The predicted molar refractivity (Wildman–Crippen MR) is 132 cm³/mol. The number of thioether (sulfide) groups is 1. The van der Waals surface area contributed by atoms with Crippen molar-refractivity contribution in [2.45, 2.75) is 25.9 Å². The van der Waals surface area contributed by atoms with E-state index in [4.69, 9.17) is 11.6 Å². The molecular formula is C25H22ClN3O2S. The van der Waals surface area contributed by atoms with Gasteiger partial charge in [-0.3, -0.25) is 14.2 Å². The number of aryl methyl sites for hydroxylation is 3. The van der Waals surface area contributed by atoms with Crippen molar-refractivity contribution in [3.05, 3.63) is 92.7 Å². The lowest BCUT2D eigenvalue weighted by atomic mass is 10.1. The molecule has 0 unspecified atom stereocenters. The average molecular weight is 464 g/mol. The van der Waals surface area contributed by atoms with Crippen LogP contribution in [0, 0.1) is 20.8 Å². The highest BCUT2D eigenvalue weighted by Crippen LogP contribution is 2.27. The number of carbonyl (C=O) groups excluding carboxylic acids is 1. The fourth-order valence-corrected chi connectivity index (χ4v) is 4.76. The number of carbonyl (C=O) groups is 1. The number of aromatic nitrogens is 2. The van der Waals surface area contributed by atoms with Crippen LogP contribution in [0.4, 0.5) is 5.69 Å². The third-order valence-corrected chi connectivity index (χ3v) is 6.37. The molecule has 4 aromatic rings. The Balaban J connectivity index is 1.69. The van der Waals surface area contributed by atoms with Crippen molar-refractivity contribution in [1.82, 2.24) is 9.55 Å². The van der Waals surface area contributed by atoms with Crippen molar-refractivity contribution in [1.29, 1.82) is 0 Å². The number of benzene rings is 3. The van der Waals surface area contributed by atoms with Crippen molar-refractivity contribution in [2.75, 3.05) is 11.1 Å². The highest BCUT2D eigenvalue weighted by atomic mass is 35.5. The second-order valence-electron chi connectivity index (χ2n) is 7.61. The zero-order chi connectivity index (χ0) is 22.8. The van der Waals surface area contributed by atoms with Crippen molar-refractivity contribution >= 4 is 45.9 Å². The van der Waals surface area contributed by atoms with Crippen LogP contribution in [-0.2, 0) is 4.79 Å². The number of nitrogens with one attached hydrogen (secondary N) is 1. The lowest BCUT2D eigenvalue weighted by Gasteiger charge is -2.15. The lowest BCUT2D eigenvalue weighted by molar-refractivity contribution is -0.113. The fraction of sp³-hybridized carbons (Fsp3) is 0.160. The molecule has 1 amide bonds. The quantitative estimate of drug-likeness (QED) is 0.305. The summed E-state index contributed by atoms with van der Waals surface area (Å²) in [7, 11) is 0. The van der Waals surface area contributed by atoms with Gasteiger partial charge in [-0.15, -0.1) is 0 Å². The van der Waals surface area contributed by atoms with E-state index in [1.54, 1.807) is 36.4 Å². The van der Waals surface area contributed by atoms with Crippen molar-refractivity contribution in [3.63, 3.8) is 0 Å². The molecule has 0 aliphatic rings. The maximum absolute atomic E-state index is 13.3. The summed E-state index contributed by atoms with van der Waals surface area (Å²) in [5.74, 6) is -0.0692. The second kappa shape index (κ2) is 9.18. The molecule has 1 aromatic heterocycles. The monoisotopic (exact) mass is 463 g/mol. The van der Waals surface area contributed by atoms with Crippen LogP contribution in [-0.4, -0.2) is 21.2 Å². The Hall–Kier alpha value is -3.09. The number of anilines is 1. The summed E-state index contributed by atoms with van der Waals surface area (Å²) in [4.78, 5) is 30.7. The largest absolute Gasteiger partial charge is 0.325 e. The van der Waals surface area contributed by atoms with Gasteiger partial charge in [0.25, 0.3) is 5.56 Å². The van der Waals surface area contributed by atoms with Gasteiger partial charge in [-0.1, -0.05) is 65.3 Å². The first-order valence-electron chi connectivity index (χ1n) is 10.1. The van der Waals surface area contributed by atoms with E-state index in [0.717, 1.165) is 22.4 Å². The van der Waals surface area contributed by atoms with E-state index in [-0.39, 0.29) is 17.2 Å². The molecule has 0 fully saturated rings. The first-order chi connectivity index (χ1) is 15.3. The number of para-hydroxylation sites is 2. The molecule has 1 N–H and O–H groups in total. The number of rotatable bonds is 5. The van der Waals surface area contributed by atoms with Crippen LogP contribution >= 0.6 is 23.4 Å². The molecule has 0 aliphatic carbocycles. The number of amides is 1. The van der Waals surface area contributed by atoms with Crippen molar-refractivity contribution in [2.24, 2.45) is 0 Å². The molecule has 4 rings (SSSR count). The first kappa shape index (κ1) is 22.1. The molecule has 7 heteroatoms. The molecule has 0 aliphatic heterocycles. The Kier molecular flexibility index (Phi) is 6.35. The highest BCUT2D eigenvalue weighted by Gasteiger charge is 2.17. The smallest absolute Gasteiger partial charge is 0.266 e. The van der Waals surface area contributed by atoms with Crippen LogP contribution in [0.2, 0.25) is 5.02 Å². The van der Waals surface area contributed by atoms with E-state index >= 15 is 0 Å². The first-order valence-corrected chi connectivity index (χ1v) is 11.5. The molecule has 0 saturated carbocycles. The molecule has 162 valence electrons. The predicted octanol–water partition coefficient (Wildman–Crippen LogP) is 5.70. The van der Waals surface area contributed by atoms with Gasteiger partial charge in [-0.25, -0.2) is 4.98 Å². The van der Waals surface area contributed by atoms with E-state index in [1.165, 1.54) is 16.3 Å². The van der Waals surface area contributed by atoms with Gasteiger partial charge in [-0.05, 0) is 56.2 Å². The molecule has 0 saturated heterocycles. The summed E-state index contributed by atoms with van der Waals surface area (Å²) in [5, 5.41) is 4.34. The molecule has 3 aromatic carbocycles. The number of halogens is 1. The van der Waals surface area contributed by atoms with Crippen LogP contribution in [0.15, 0.2) is 70.6 Å². The summed E-state index contributed by atoms with van der Waals surface area (Å²) in [6.07, 6.45) is 0. The van der Waals surface area contributed by atoms with Crippen LogP contribution in [0.25, 0.3) is 16.6 Å². The van der Waals surface area contributed by atoms with E-state index < -0.39 is 0 Å². The van der Waals surface area contributed by atoms with Gasteiger partial charge in [0.15, 0.2) is 5.16 Å². The maximum Gasteiger partial charge on any atom is 0.266 e. The van der Waals surface area contributed by atoms with E-state index in [9.17, 15) is 9.59 Å². The molecule has 0 radical (unpaired) electrons. The normalized spacial score (nSPS) is 11.0. The third-order valence-electron chi connectivity index (χ3n) is 5.11. The van der Waals surface area contributed by atoms with Crippen molar-refractivity contribution in [3.8, 4) is 5.69 Å². The Morgan fingerprint density at radius 1 is 1.03 bits per heavy atom. The van der Waals surface area contributed by atoms with E-state index in [2.05, 4.69) is 10.3 Å². The molecule has 0 atom stereocenters. The van der Waals surface area contributed by atoms with E-state index in [0.29, 0.717) is 26.8 Å². The minimum Gasteiger partial charge on any atom is -0.325 e. The molecule has 32 heavy (non-hydrogen) atoms. The third kappa shape index (κ3) is 4.42. The molecule has 0 spiro atoms. The van der Waals surface area contributed by atoms with Crippen LogP contribution in [0.1, 0.15) is 16.7 Å². The summed E-state index contributed by atoms with van der Waals surface area (Å²) >= 11 is 7.60. The van der Waals surface area contributed by atoms with Crippen molar-refractivity contribution < 1.29 is 4.79 Å². The summed E-state index contributed by atoms with van der Waals surface area (Å²) in [6.45, 7) is 5.98. The van der Waals surface area contributed by atoms with Gasteiger partial charge >= 0.3 is 0 Å².